The van der Waals surface area contributed by atoms with Crippen LogP contribution in [0.2, 0.25) is 0 Å². The van der Waals surface area contributed by atoms with Gasteiger partial charge in [-0.3, -0.25) is 0 Å². The van der Waals surface area contributed by atoms with E-state index in [1.165, 1.54) is 13.4 Å². The quantitative estimate of drug-likeness (QED) is 0.629. The number of aryl methyl sites for hydroxylation is 2. The fraction of sp³-hybridized carbons (Fsp3) is 0.308. The van der Waals surface area contributed by atoms with Crippen molar-refractivity contribution in [3.63, 3.8) is 0 Å². The van der Waals surface area contributed by atoms with E-state index in [0.717, 1.165) is 27.9 Å². The molecule has 1 aromatic carbocycles. The summed E-state index contributed by atoms with van der Waals surface area (Å²) >= 11 is 0. The van der Waals surface area contributed by atoms with Crippen molar-refractivity contribution in [2.75, 3.05) is 14.2 Å². The smallest absolute Gasteiger partial charge is 0.251 e. The maximum absolute atomic E-state index is 5.28. The van der Waals surface area contributed by atoms with Gasteiger partial charge >= 0.3 is 0 Å². The van der Waals surface area contributed by atoms with Gasteiger partial charge in [0.1, 0.15) is 5.75 Å². The van der Waals surface area contributed by atoms with Crippen LogP contribution < -0.4 is 16.2 Å². The van der Waals surface area contributed by atoms with Crippen LogP contribution in [0.25, 0.3) is 10.9 Å². The lowest BCUT2D eigenvalue weighted by atomic mass is 10.1. The third-order valence-corrected chi connectivity index (χ3v) is 2.58. The van der Waals surface area contributed by atoms with E-state index in [4.69, 9.17) is 10.5 Å². The van der Waals surface area contributed by atoms with Gasteiger partial charge in [-0.1, -0.05) is 0 Å². The molecule has 0 amide bonds. The number of benzene rings is 1. The molecule has 0 saturated heterocycles. The second-order valence-corrected chi connectivity index (χ2v) is 3.73. The number of hydrogen-bond acceptors (Lipinski definition) is 5. The molecule has 6 heteroatoms. The average molecular weight is 261 g/mol. The highest BCUT2D eigenvalue weighted by molar-refractivity contribution is 5.84. The molecule has 0 saturated carbocycles. The molecule has 0 spiro atoms. The molecule has 0 fully saturated rings. The molecule has 0 atom stereocenters. The van der Waals surface area contributed by atoms with Crippen LogP contribution in [-0.2, 0) is 0 Å². The Labute approximate surface area is 112 Å². The Morgan fingerprint density at radius 1 is 1.21 bits per heavy atom. The predicted molar refractivity (Wildman–Crippen MR) is 78.0 cm³/mol. The van der Waals surface area contributed by atoms with Gasteiger partial charge in [0.15, 0.2) is 0 Å². The van der Waals surface area contributed by atoms with Gasteiger partial charge in [-0.05, 0) is 38.6 Å². The highest BCUT2D eigenvalue weighted by atomic mass is 16.5. The van der Waals surface area contributed by atoms with Crippen LogP contribution in [-0.4, -0.2) is 30.5 Å². The highest BCUT2D eigenvalue weighted by Gasteiger charge is 2.07. The minimum absolute atomic E-state index is 0.377. The summed E-state index contributed by atoms with van der Waals surface area (Å²) in [6, 6.07) is 3.90. The van der Waals surface area contributed by atoms with Gasteiger partial charge in [-0.15, -0.1) is 0 Å². The van der Waals surface area contributed by atoms with Crippen molar-refractivity contribution in [2.24, 2.45) is 16.5 Å². The highest BCUT2D eigenvalue weighted by Crippen LogP contribution is 2.26. The van der Waals surface area contributed by atoms with Crippen molar-refractivity contribution >= 4 is 23.2 Å². The predicted octanol–water partition coefficient (Wildman–Crippen LogP) is 1.45. The zero-order valence-electron chi connectivity index (χ0n) is 11.6. The van der Waals surface area contributed by atoms with Crippen LogP contribution in [0.5, 0.6) is 5.75 Å². The third kappa shape index (κ3) is 3.17. The van der Waals surface area contributed by atoms with Gasteiger partial charge in [0.2, 0.25) is 0 Å². The number of aliphatic imine (C=N–C) groups is 1. The van der Waals surface area contributed by atoms with Crippen LogP contribution in [0.3, 0.4) is 0 Å². The summed E-state index contributed by atoms with van der Waals surface area (Å²) in [5, 5.41) is 0.962. The number of ether oxygens (including phenoxy) is 1. The fourth-order valence-corrected chi connectivity index (χ4v) is 1.74. The first kappa shape index (κ1) is 14.8. The molecule has 0 radical (unpaired) electrons. The molecule has 1 heterocycles. The third-order valence-electron chi connectivity index (χ3n) is 2.58. The standard InChI is InChI=1S/C12H14N4O.CH5N/c1-7-4-10-9(5-11(7)17-3)8(2)15-12(16-10)14-6-13;1-2/h4-6H,1-3H3,(H2,13,14,15,16);2H2,1H3. The van der Waals surface area contributed by atoms with E-state index < -0.39 is 0 Å². The van der Waals surface area contributed by atoms with E-state index in [1.54, 1.807) is 7.11 Å². The first-order valence-electron chi connectivity index (χ1n) is 5.80. The summed E-state index contributed by atoms with van der Waals surface area (Å²) in [5.74, 6) is 1.21. The summed E-state index contributed by atoms with van der Waals surface area (Å²) in [6.07, 6.45) is 1.19. The fourth-order valence-electron chi connectivity index (χ4n) is 1.74. The molecule has 6 nitrogen and oxygen atoms in total. The monoisotopic (exact) mass is 261 g/mol. The number of aromatic nitrogens is 2. The van der Waals surface area contributed by atoms with Crippen molar-refractivity contribution in [1.82, 2.24) is 9.97 Å². The SMILES string of the molecule is CN.COc1cc2c(C)nc(/N=C\N)nc2cc1C. The zero-order chi connectivity index (χ0) is 14.4. The van der Waals surface area contributed by atoms with Crippen LogP contribution in [0.15, 0.2) is 17.1 Å². The summed E-state index contributed by atoms with van der Waals surface area (Å²) in [5.41, 5.74) is 12.5. The second kappa shape index (κ2) is 6.65. The van der Waals surface area contributed by atoms with E-state index >= 15 is 0 Å². The molecule has 2 aromatic rings. The van der Waals surface area contributed by atoms with Crippen molar-refractivity contribution < 1.29 is 4.74 Å². The molecule has 0 unspecified atom stereocenters. The maximum atomic E-state index is 5.28. The van der Waals surface area contributed by atoms with E-state index in [0.29, 0.717) is 5.95 Å². The topological polar surface area (TPSA) is 99.4 Å². The minimum atomic E-state index is 0.377. The lowest BCUT2D eigenvalue weighted by molar-refractivity contribution is 0.412. The lowest BCUT2D eigenvalue weighted by Crippen LogP contribution is -1.95. The first-order valence-corrected chi connectivity index (χ1v) is 5.80. The Kier molecular flexibility index (Phi) is 5.20. The Hall–Kier alpha value is -2.21. The van der Waals surface area contributed by atoms with Gasteiger partial charge in [-0.2, -0.15) is 0 Å². The van der Waals surface area contributed by atoms with E-state index in [1.807, 2.05) is 26.0 Å². The molecule has 1 aromatic heterocycles. The zero-order valence-corrected chi connectivity index (χ0v) is 11.6. The lowest BCUT2D eigenvalue weighted by Gasteiger charge is -2.08. The number of hydrogen-bond donors (Lipinski definition) is 2. The molecule has 0 aliphatic rings. The largest absolute Gasteiger partial charge is 0.496 e. The van der Waals surface area contributed by atoms with Gasteiger partial charge in [-0.25, -0.2) is 15.0 Å². The molecule has 2 rings (SSSR count). The minimum Gasteiger partial charge on any atom is -0.496 e. The summed E-state index contributed by atoms with van der Waals surface area (Å²) in [6.45, 7) is 3.88. The summed E-state index contributed by atoms with van der Waals surface area (Å²) in [4.78, 5) is 12.5. The van der Waals surface area contributed by atoms with Gasteiger partial charge in [0.05, 0.1) is 24.7 Å². The number of nitrogens with two attached hydrogens (primary N) is 2. The van der Waals surface area contributed by atoms with Crippen molar-refractivity contribution in [3.05, 3.63) is 23.4 Å². The van der Waals surface area contributed by atoms with Gasteiger partial charge < -0.3 is 16.2 Å². The Balaban J connectivity index is 0.000000861. The first-order chi connectivity index (χ1) is 9.15. The molecular formula is C13H19N5O. The second-order valence-electron chi connectivity index (χ2n) is 3.73. The molecule has 102 valence electrons. The average Bonchev–Trinajstić information content (AvgIpc) is 2.41. The van der Waals surface area contributed by atoms with E-state index in [2.05, 4.69) is 20.7 Å². The molecule has 0 aliphatic carbocycles. The van der Waals surface area contributed by atoms with Crippen LogP contribution >= 0.6 is 0 Å². The maximum Gasteiger partial charge on any atom is 0.251 e. The van der Waals surface area contributed by atoms with Crippen LogP contribution in [0.1, 0.15) is 11.3 Å². The van der Waals surface area contributed by atoms with Crippen molar-refractivity contribution in [1.29, 1.82) is 0 Å². The molecule has 0 bridgehead atoms. The number of fused-ring (bicyclic) bond motifs is 1. The van der Waals surface area contributed by atoms with Crippen molar-refractivity contribution in [3.8, 4) is 5.75 Å². The normalized spacial score (nSPS) is 10.4. The van der Waals surface area contributed by atoms with Gasteiger partial charge in [0.25, 0.3) is 5.95 Å². The number of methoxy groups -OCH3 is 1. The summed E-state index contributed by atoms with van der Waals surface area (Å²) < 4.78 is 5.28. The molecule has 19 heavy (non-hydrogen) atoms. The van der Waals surface area contributed by atoms with E-state index in [9.17, 15) is 0 Å². The Bertz CT molecular complexity index is 595. The number of rotatable bonds is 2. The van der Waals surface area contributed by atoms with Gasteiger partial charge in [0, 0.05) is 5.39 Å². The van der Waals surface area contributed by atoms with Crippen LogP contribution in [0, 0.1) is 13.8 Å². The Morgan fingerprint density at radius 3 is 2.47 bits per heavy atom. The van der Waals surface area contributed by atoms with Crippen molar-refractivity contribution in [2.45, 2.75) is 13.8 Å². The summed E-state index contributed by atoms with van der Waals surface area (Å²) in [7, 11) is 3.15. The number of nitrogens with zero attached hydrogens (tertiary/aromatic N) is 3. The Morgan fingerprint density at radius 2 is 1.89 bits per heavy atom. The van der Waals surface area contributed by atoms with E-state index in [-0.39, 0.29) is 0 Å². The molecule has 4 N–H and O–H groups in total. The molecular weight excluding hydrogens is 242 g/mol. The molecule has 0 aliphatic heterocycles. The van der Waals surface area contributed by atoms with Crippen LogP contribution in [0.4, 0.5) is 5.95 Å².